The Labute approximate surface area is 119 Å². The number of aromatic nitrogens is 1. The maximum atomic E-state index is 12.7. The summed E-state index contributed by atoms with van der Waals surface area (Å²) in [6.07, 6.45) is -0.849. The molecule has 0 fully saturated rings. The Balaban J connectivity index is 2.61. The van der Waals surface area contributed by atoms with Gasteiger partial charge in [-0.25, -0.2) is 8.78 Å². The highest BCUT2D eigenvalue weighted by atomic mass is 19.3. The number of halogens is 4. The molecule has 0 aliphatic carbocycles. The zero-order valence-corrected chi connectivity index (χ0v) is 11.4. The molecule has 21 heavy (non-hydrogen) atoms. The molecule has 0 bridgehead atoms. The Hall–Kier alpha value is -1.45. The number of hydrazine groups is 1. The van der Waals surface area contributed by atoms with E-state index in [1.807, 2.05) is 0 Å². The van der Waals surface area contributed by atoms with Gasteiger partial charge < -0.3 is 9.47 Å². The Morgan fingerprint density at radius 2 is 2.10 bits per heavy atom. The lowest BCUT2D eigenvalue weighted by Gasteiger charge is -2.20. The SMILES string of the molecule is CCOc1cncc(C(COCC(F)(F)C(F)F)NN)c1. The van der Waals surface area contributed by atoms with E-state index < -0.39 is 25.0 Å². The van der Waals surface area contributed by atoms with Gasteiger partial charge in [0.15, 0.2) is 0 Å². The summed E-state index contributed by atoms with van der Waals surface area (Å²) in [4.78, 5) is 3.91. The van der Waals surface area contributed by atoms with Gasteiger partial charge in [-0.3, -0.25) is 16.3 Å². The minimum absolute atomic E-state index is 0.309. The molecular formula is C12H17F4N3O2. The third kappa shape index (κ3) is 5.44. The van der Waals surface area contributed by atoms with Gasteiger partial charge in [-0.15, -0.1) is 0 Å². The van der Waals surface area contributed by atoms with Crippen LogP contribution in [0, 0.1) is 0 Å². The van der Waals surface area contributed by atoms with Crippen molar-refractivity contribution in [3.63, 3.8) is 0 Å². The molecule has 0 spiro atoms. The van der Waals surface area contributed by atoms with Crippen LogP contribution in [0.15, 0.2) is 18.5 Å². The van der Waals surface area contributed by atoms with Gasteiger partial charge in [0.05, 0.1) is 25.5 Å². The van der Waals surface area contributed by atoms with E-state index in [9.17, 15) is 17.6 Å². The molecule has 9 heteroatoms. The molecule has 1 aromatic heterocycles. The predicted octanol–water partition coefficient (Wildman–Crippen LogP) is 1.90. The first-order valence-electron chi connectivity index (χ1n) is 6.18. The number of hydrogen-bond donors (Lipinski definition) is 2. The summed E-state index contributed by atoms with van der Waals surface area (Å²) in [5.41, 5.74) is 2.88. The molecule has 3 N–H and O–H groups in total. The Morgan fingerprint density at radius 1 is 1.38 bits per heavy atom. The van der Waals surface area contributed by atoms with E-state index in [-0.39, 0.29) is 6.61 Å². The van der Waals surface area contributed by atoms with Gasteiger partial charge in [0.25, 0.3) is 0 Å². The van der Waals surface area contributed by atoms with Crippen LogP contribution in [0.3, 0.4) is 0 Å². The summed E-state index contributed by atoms with van der Waals surface area (Å²) >= 11 is 0. The molecule has 0 amide bonds. The lowest BCUT2D eigenvalue weighted by Crippen LogP contribution is -2.36. The summed E-state index contributed by atoms with van der Waals surface area (Å²) < 4.78 is 59.2. The van der Waals surface area contributed by atoms with Crippen LogP contribution in [0.2, 0.25) is 0 Å². The van der Waals surface area contributed by atoms with Crippen molar-refractivity contribution in [1.82, 2.24) is 10.4 Å². The average molecular weight is 311 g/mol. The van der Waals surface area contributed by atoms with Gasteiger partial charge in [-0.2, -0.15) is 8.78 Å². The molecule has 120 valence electrons. The number of nitrogens with zero attached hydrogens (tertiary/aromatic N) is 1. The molecular weight excluding hydrogens is 294 g/mol. The number of pyridine rings is 1. The second-order valence-electron chi connectivity index (χ2n) is 4.18. The van der Waals surface area contributed by atoms with Crippen molar-refractivity contribution >= 4 is 0 Å². The molecule has 0 radical (unpaired) electrons. The van der Waals surface area contributed by atoms with Gasteiger partial charge in [0, 0.05) is 6.20 Å². The molecule has 1 unspecified atom stereocenters. The van der Waals surface area contributed by atoms with Gasteiger partial charge in [-0.05, 0) is 18.6 Å². The summed E-state index contributed by atoms with van der Waals surface area (Å²) in [6, 6.07) is 0.932. The monoisotopic (exact) mass is 311 g/mol. The van der Waals surface area contributed by atoms with E-state index in [1.165, 1.54) is 12.4 Å². The van der Waals surface area contributed by atoms with E-state index in [0.29, 0.717) is 17.9 Å². The van der Waals surface area contributed by atoms with Crippen molar-refractivity contribution in [2.75, 3.05) is 19.8 Å². The summed E-state index contributed by atoms with van der Waals surface area (Å²) in [7, 11) is 0. The first kappa shape index (κ1) is 17.6. The Kier molecular flexibility index (Phi) is 6.79. The molecule has 1 rings (SSSR count). The molecule has 1 aromatic rings. The molecule has 0 aliphatic heterocycles. The predicted molar refractivity (Wildman–Crippen MR) is 67.2 cm³/mol. The zero-order chi connectivity index (χ0) is 15.9. The maximum Gasteiger partial charge on any atom is 0.330 e. The van der Waals surface area contributed by atoms with Crippen molar-refractivity contribution in [1.29, 1.82) is 0 Å². The van der Waals surface area contributed by atoms with Crippen LogP contribution in [0.25, 0.3) is 0 Å². The molecule has 0 saturated carbocycles. The van der Waals surface area contributed by atoms with Crippen LogP contribution in [-0.2, 0) is 4.74 Å². The van der Waals surface area contributed by atoms with Crippen molar-refractivity contribution < 1.29 is 27.0 Å². The van der Waals surface area contributed by atoms with Gasteiger partial charge in [0.2, 0.25) is 0 Å². The molecule has 0 saturated heterocycles. The normalized spacial score (nSPS) is 13.5. The molecule has 0 aromatic carbocycles. The highest BCUT2D eigenvalue weighted by Gasteiger charge is 2.41. The van der Waals surface area contributed by atoms with Crippen molar-refractivity contribution in [2.24, 2.45) is 5.84 Å². The molecule has 1 heterocycles. The largest absolute Gasteiger partial charge is 0.492 e. The molecule has 0 aliphatic rings. The van der Waals surface area contributed by atoms with E-state index in [1.54, 1.807) is 13.0 Å². The second-order valence-corrected chi connectivity index (χ2v) is 4.18. The zero-order valence-electron chi connectivity index (χ0n) is 11.4. The fourth-order valence-electron chi connectivity index (χ4n) is 1.49. The summed E-state index contributed by atoms with van der Waals surface area (Å²) in [5.74, 6) is 1.59. The Morgan fingerprint density at radius 3 is 2.67 bits per heavy atom. The Bertz CT molecular complexity index is 435. The fraction of sp³-hybridized carbons (Fsp3) is 0.583. The van der Waals surface area contributed by atoms with E-state index >= 15 is 0 Å². The first-order chi connectivity index (χ1) is 9.90. The van der Waals surface area contributed by atoms with Crippen LogP contribution >= 0.6 is 0 Å². The molecule has 5 nitrogen and oxygen atoms in total. The lowest BCUT2D eigenvalue weighted by molar-refractivity contribution is -0.167. The number of nitrogens with one attached hydrogen (secondary N) is 1. The fourth-order valence-corrected chi connectivity index (χ4v) is 1.49. The van der Waals surface area contributed by atoms with Crippen molar-refractivity contribution in [2.45, 2.75) is 25.3 Å². The van der Waals surface area contributed by atoms with E-state index in [4.69, 9.17) is 10.6 Å². The highest BCUT2D eigenvalue weighted by molar-refractivity contribution is 5.26. The van der Waals surface area contributed by atoms with E-state index in [0.717, 1.165) is 0 Å². The number of alkyl halides is 4. The van der Waals surface area contributed by atoms with Crippen LogP contribution in [0.1, 0.15) is 18.5 Å². The van der Waals surface area contributed by atoms with E-state index in [2.05, 4.69) is 15.1 Å². The van der Waals surface area contributed by atoms with Gasteiger partial charge >= 0.3 is 12.3 Å². The summed E-state index contributed by atoms with van der Waals surface area (Å²) in [5, 5.41) is 0. The number of hydrogen-bond acceptors (Lipinski definition) is 5. The van der Waals surface area contributed by atoms with Gasteiger partial charge in [-0.1, -0.05) is 0 Å². The van der Waals surface area contributed by atoms with Crippen LogP contribution in [-0.4, -0.2) is 37.2 Å². The lowest BCUT2D eigenvalue weighted by atomic mass is 10.1. The molecule has 1 atom stereocenters. The topological polar surface area (TPSA) is 69.4 Å². The smallest absolute Gasteiger partial charge is 0.330 e. The minimum Gasteiger partial charge on any atom is -0.492 e. The minimum atomic E-state index is -4.19. The third-order valence-electron chi connectivity index (χ3n) is 2.55. The quantitative estimate of drug-likeness (QED) is 0.414. The van der Waals surface area contributed by atoms with Crippen LogP contribution < -0.4 is 16.0 Å². The second kappa shape index (κ2) is 8.11. The number of rotatable bonds is 9. The summed E-state index contributed by atoms with van der Waals surface area (Å²) in [6.45, 7) is 0.529. The maximum absolute atomic E-state index is 12.7. The third-order valence-corrected chi connectivity index (χ3v) is 2.55. The standard InChI is InChI=1S/C12H17F4N3O2/c1-2-21-9-3-8(4-18-5-9)10(19-17)6-20-7-12(15,16)11(13)14/h3-5,10-11,19H,2,6-7,17H2,1H3. The van der Waals surface area contributed by atoms with Gasteiger partial charge in [0.1, 0.15) is 12.4 Å². The van der Waals surface area contributed by atoms with Crippen molar-refractivity contribution in [3.05, 3.63) is 24.0 Å². The van der Waals surface area contributed by atoms with Crippen molar-refractivity contribution in [3.8, 4) is 5.75 Å². The number of nitrogens with two attached hydrogens (primary N) is 1. The average Bonchev–Trinajstić information content (AvgIpc) is 2.44. The van der Waals surface area contributed by atoms with Crippen LogP contribution in [0.5, 0.6) is 5.75 Å². The highest BCUT2D eigenvalue weighted by Crippen LogP contribution is 2.24. The first-order valence-corrected chi connectivity index (χ1v) is 6.18. The number of ether oxygens (including phenoxy) is 2. The van der Waals surface area contributed by atoms with Crippen LogP contribution in [0.4, 0.5) is 17.6 Å².